The van der Waals surface area contributed by atoms with Gasteiger partial charge < -0.3 is 23.7 Å². The Hall–Kier alpha value is -2.54. The molecule has 2 aliphatic rings. The minimum absolute atomic E-state index is 0.159. The molecule has 5 rings (SSSR count). The minimum Gasteiger partial charge on any atom is -0.374 e. The summed E-state index contributed by atoms with van der Waals surface area (Å²) < 4.78 is 32.1. The summed E-state index contributed by atoms with van der Waals surface area (Å²) in [7, 11) is 0. The van der Waals surface area contributed by atoms with E-state index in [1.54, 1.807) is 0 Å². The van der Waals surface area contributed by atoms with Gasteiger partial charge in [0.1, 0.15) is 24.4 Å². The molecule has 0 radical (unpaired) electrons. The van der Waals surface area contributed by atoms with Gasteiger partial charge in [-0.2, -0.15) is 0 Å². The molecule has 2 aliphatic heterocycles. The molecule has 1 saturated heterocycles. The predicted molar refractivity (Wildman–Crippen MR) is 129 cm³/mol. The smallest absolute Gasteiger partial charge is 0.115 e. The first-order valence-corrected chi connectivity index (χ1v) is 12.0. The maximum absolute atomic E-state index is 6.60. The number of fused-ring (bicyclic) bond motifs is 3. The van der Waals surface area contributed by atoms with Crippen LogP contribution in [0, 0.1) is 0 Å². The highest BCUT2D eigenvalue weighted by atomic mass is 16.6. The molecule has 1 fully saturated rings. The molecule has 0 amide bonds. The van der Waals surface area contributed by atoms with Gasteiger partial charge in [-0.05, 0) is 29.2 Å². The van der Waals surface area contributed by atoms with Crippen LogP contribution in [0.3, 0.4) is 0 Å². The number of benzene rings is 3. The first-order valence-electron chi connectivity index (χ1n) is 12.0. The fourth-order valence-electron chi connectivity index (χ4n) is 4.70. The summed E-state index contributed by atoms with van der Waals surface area (Å²) in [5.74, 6) is 0. The van der Waals surface area contributed by atoms with Crippen LogP contribution in [0.15, 0.2) is 84.9 Å². The molecule has 3 aromatic carbocycles. The Bertz CT molecular complexity index is 1020. The lowest BCUT2D eigenvalue weighted by molar-refractivity contribution is -0.270. The number of hydrogen-bond acceptors (Lipinski definition) is 5. The monoisotopic (exact) mass is 460 g/mol. The fourth-order valence-corrected chi connectivity index (χ4v) is 4.70. The first kappa shape index (κ1) is 23.2. The predicted octanol–water partition coefficient (Wildman–Crippen LogP) is 5.06. The largest absolute Gasteiger partial charge is 0.374 e. The van der Waals surface area contributed by atoms with Crippen LogP contribution in [-0.2, 0) is 50.1 Å². The van der Waals surface area contributed by atoms with E-state index in [4.69, 9.17) is 23.7 Å². The molecule has 34 heavy (non-hydrogen) atoms. The van der Waals surface area contributed by atoms with Gasteiger partial charge in [0.25, 0.3) is 0 Å². The van der Waals surface area contributed by atoms with E-state index in [9.17, 15) is 0 Å². The zero-order valence-corrected chi connectivity index (χ0v) is 19.5. The molecule has 5 heteroatoms. The van der Waals surface area contributed by atoms with Crippen LogP contribution in [0.25, 0.3) is 0 Å². The molecule has 0 aliphatic carbocycles. The van der Waals surface area contributed by atoms with E-state index in [1.807, 2.05) is 55.5 Å². The fraction of sp³-hybridized carbons (Fsp3) is 0.379. The SMILES string of the molecule is C[C@@H]1OC2COCc3ccccc3CO[C@@H](C1OCc1ccccc1)[C@H]2OCc1ccccc1. The third kappa shape index (κ3) is 5.57. The Morgan fingerprint density at radius 1 is 0.706 bits per heavy atom. The second-order valence-corrected chi connectivity index (χ2v) is 8.96. The van der Waals surface area contributed by atoms with Gasteiger partial charge in [-0.3, -0.25) is 0 Å². The van der Waals surface area contributed by atoms with E-state index in [1.165, 1.54) is 0 Å². The lowest BCUT2D eigenvalue weighted by Crippen LogP contribution is -2.60. The van der Waals surface area contributed by atoms with E-state index in [0.29, 0.717) is 33.0 Å². The Morgan fingerprint density at radius 3 is 1.91 bits per heavy atom. The van der Waals surface area contributed by atoms with Gasteiger partial charge >= 0.3 is 0 Å². The van der Waals surface area contributed by atoms with Crippen molar-refractivity contribution < 1.29 is 23.7 Å². The lowest BCUT2D eigenvalue weighted by atomic mass is 9.94. The van der Waals surface area contributed by atoms with Crippen molar-refractivity contribution in [1.82, 2.24) is 0 Å². The average molecular weight is 461 g/mol. The average Bonchev–Trinajstić information content (AvgIpc) is 2.88. The third-order valence-electron chi connectivity index (χ3n) is 6.53. The molecular formula is C29H32O5. The molecule has 178 valence electrons. The maximum atomic E-state index is 6.60. The van der Waals surface area contributed by atoms with E-state index in [0.717, 1.165) is 22.3 Å². The molecule has 2 unspecified atom stereocenters. The lowest BCUT2D eigenvalue weighted by Gasteiger charge is -2.45. The molecule has 0 spiro atoms. The van der Waals surface area contributed by atoms with Gasteiger partial charge in [0.05, 0.1) is 39.1 Å². The van der Waals surface area contributed by atoms with Gasteiger partial charge in [-0.15, -0.1) is 0 Å². The van der Waals surface area contributed by atoms with E-state index in [-0.39, 0.29) is 30.5 Å². The molecule has 5 nitrogen and oxygen atoms in total. The van der Waals surface area contributed by atoms with E-state index in [2.05, 4.69) is 36.4 Å². The Kier molecular flexibility index (Phi) is 7.69. The van der Waals surface area contributed by atoms with Crippen LogP contribution >= 0.6 is 0 Å². The zero-order valence-electron chi connectivity index (χ0n) is 19.5. The first-order chi connectivity index (χ1) is 16.8. The van der Waals surface area contributed by atoms with Crippen molar-refractivity contribution in [2.75, 3.05) is 6.61 Å². The molecule has 5 atom stereocenters. The van der Waals surface area contributed by atoms with E-state index >= 15 is 0 Å². The Morgan fingerprint density at radius 2 is 1.26 bits per heavy atom. The van der Waals surface area contributed by atoms with E-state index < -0.39 is 0 Å². The summed E-state index contributed by atoms with van der Waals surface area (Å²) in [6, 6.07) is 28.6. The number of ether oxygens (including phenoxy) is 5. The molecule has 0 N–H and O–H groups in total. The van der Waals surface area contributed by atoms with Crippen LogP contribution in [0.5, 0.6) is 0 Å². The Labute approximate surface area is 201 Å². The van der Waals surface area contributed by atoms with Gasteiger partial charge in [-0.25, -0.2) is 0 Å². The summed E-state index contributed by atoms with van der Waals surface area (Å²) in [5, 5.41) is 0. The van der Waals surface area contributed by atoms with Crippen molar-refractivity contribution in [3.05, 3.63) is 107 Å². The summed E-state index contributed by atoms with van der Waals surface area (Å²) in [6.45, 7) is 4.44. The molecule has 2 heterocycles. The van der Waals surface area contributed by atoms with Crippen molar-refractivity contribution >= 4 is 0 Å². The second kappa shape index (κ2) is 11.3. The van der Waals surface area contributed by atoms with Crippen molar-refractivity contribution in [3.8, 4) is 0 Å². The molecular weight excluding hydrogens is 428 g/mol. The number of rotatable bonds is 6. The molecule has 3 aromatic rings. The molecule has 0 aromatic heterocycles. The van der Waals surface area contributed by atoms with Crippen LogP contribution in [0.4, 0.5) is 0 Å². The topological polar surface area (TPSA) is 46.2 Å². The van der Waals surface area contributed by atoms with Gasteiger partial charge in [0.15, 0.2) is 0 Å². The van der Waals surface area contributed by atoms with Crippen LogP contribution in [0.2, 0.25) is 0 Å². The second-order valence-electron chi connectivity index (χ2n) is 8.96. The molecule has 2 bridgehead atoms. The van der Waals surface area contributed by atoms with Gasteiger partial charge in [0, 0.05) is 0 Å². The standard InChI is InChI=1S/C29H32O5/c1-21-27(31-16-22-10-4-2-5-11-22)29-28(32-17-23-12-6-3-7-13-23)26(34-21)20-30-18-24-14-8-9-15-25(24)19-33-29/h2-15,21,26-29H,16-20H2,1H3/t21-,26?,27?,28-,29-/m0/s1. The van der Waals surface area contributed by atoms with Gasteiger partial charge in [0.2, 0.25) is 0 Å². The van der Waals surface area contributed by atoms with Crippen molar-refractivity contribution in [2.45, 2.75) is 63.9 Å². The van der Waals surface area contributed by atoms with Crippen LogP contribution in [0.1, 0.15) is 29.2 Å². The van der Waals surface area contributed by atoms with Gasteiger partial charge in [-0.1, -0.05) is 84.9 Å². The Balaban J connectivity index is 1.40. The zero-order chi connectivity index (χ0) is 23.2. The highest BCUT2D eigenvalue weighted by Crippen LogP contribution is 2.31. The summed E-state index contributed by atoms with van der Waals surface area (Å²) in [5.41, 5.74) is 4.49. The van der Waals surface area contributed by atoms with Crippen molar-refractivity contribution in [3.63, 3.8) is 0 Å². The third-order valence-corrected chi connectivity index (χ3v) is 6.53. The maximum Gasteiger partial charge on any atom is 0.115 e. The molecule has 0 saturated carbocycles. The highest BCUT2D eigenvalue weighted by molar-refractivity contribution is 5.26. The van der Waals surface area contributed by atoms with Crippen molar-refractivity contribution in [2.24, 2.45) is 0 Å². The van der Waals surface area contributed by atoms with Crippen LogP contribution < -0.4 is 0 Å². The quantitative estimate of drug-likeness (QED) is 0.515. The highest BCUT2D eigenvalue weighted by Gasteiger charge is 2.47. The van der Waals surface area contributed by atoms with Crippen molar-refractivity contribution in [1.29, 1.82) is 0 Å². The van der Waals surface area contributed by atoms with Crippen LogP contribution in [-0.4, -0.2) is 37.1 Å². The normalized spacial score (nSPS) is 27.0. The minimum atomic E-state index is -0.317. The number of hydrogen-bond donors (Lipinski definition) is 0. The summed E-state index contributed by atoms with van der Waals surface area (Å²) >= 11 is 0. The summed E-state index contributed by atoms with van der Waals surface area (Å²) in [6.07, 6.45) is -1.29. The summed E-state index contributed by atoms with van der Waals surface area (Å²) in [4.78, 5) is 0.